The molecule has 0 aliphatic heterocycles. The molecule has 0 spiro atoms. The molecule has 0 saturated heterocycles. The summed E-state index contributed by atoms with van der Waals surface area (Å²) in [6, 6.07) is 3.97. The number of nitrogens with one attached hydrogen (secondary N) is 1. The number of hydrogen-bond donors (Lipinski definition) is 1. The highest BCUT2D eigenvalue weighted by atomic mass is 16.5. The van der Waals surface area contributed by atoms with Gasteiger partial charge in [-0.3, -0.25) is 0 Å². The van der Waals surface area contributed by atoms with Gasteiger partial charge in [-0.05, 0) is 32.8 Å². The summed E-state index contributed by atoms with van der Waals surface area (Å²) < 4.78 is 11.2. The zero-order valence-electron chi connectivity index (χ0n) is 13.4. The van der Waals surface area contributed by atoms with Gasteiger partial charge in [-0.15, -0.1) is 0 Å². The fourth-order valence-corrected chi connectivity index (χ4v) is 1.57. The molecule has 1 rings (SSSR count). The molecular formula is C16H28N2O2. The van der Waals surface area contributed by atoms with Gasteiger partial charge in [-0.25, -0.2) is 4.98 Å². The van der Waals surface area contributed by atoms with Crippen LogP contribution in [0.3, 0.4) is 0 Å². The highest BCUT2D eigenvalue weighted by Gasteiger charge is 2.11. The first-order valence-corrected chi connectivity index (χ1v) is 7.28. The summed E-state index contributed by atoms with van der Waals surface area (Å²) in [5, 5.41) is 3.44. The first kappa shape index (κ1) is 16.9. The van der Waals surface area contributed by atoms with Gasteiger partial charge >= 0.3 is 0 Å². The molecule has 0 unspecified atom stereocenters. The van der Waals surface area contributed by atoms with Crippen molar-refractivity contribution in [2.75, 3.05) is 19.8 Å². The van der Waals surface area contributed by atoms with Crippen LogP contribution in [0.25, 0.3) is 0 Å². The van der Waals surface area contributed by atoms with Crippen LogP contribution in [0.4, 0.5) is 0 Å². The van der Waals surface area contributed by atoms with E-state index in [2.05, 4.69) is 44.9 Å². The maximum absolute atomic E-state index is 5.71. The molecule has 0 saturated carbocycles. The lowest BCUT2D eigenvalue weighted by molar-refractivity contribution is 0.0802. The van der Waals surface area contributed by atoms with E-state index in [0.717, 1.165) is 18.7 Å². The molecule has 0 fully saturated rings. The molecule has 0 aromatic carbocycles. The van der Waals surface area contributed by atoms with E-state index in [0.29, 0.717) is 25.0 Å². The van der Waals surface area contributed by atoms with Crippen molar-refractivity contribution in [3.05, 3.63) is 23.9 Å². The molecular weight excluding hydrogens is 252 g/mol. The largest absolute Gasteiger partial charge is 0.475 e. The molecule has 0 amide bonds. The fraction of sp³-hybridized carbons (Fsp3) is 0.688. The van der Waals surface area contributed by atoms with E-state index in [1.165, 1.54) is 0 Å². The van der Waals surface area contributed by atoms with Crippen molar-refractivity contribution in [1.82, 2.24) is 10.3 Å². The summed E-state index contributed by atoms with van der Waals surface area (Å²) in [7, 11) is 0. The zero-order chi connectivity index (χ0) is 15.0. The Morgan fingerprint density at radius 3 is 2.65 bits per heavy atom. The third kappa shape index (κ3) is 7.46. The van der Waals surface area contributed by atoms with Crippen molar-refractivity contribution in [3.63, 3.8) is 0 Å². The van der Waals surface area contributed by atoms with Crippen LogP contribution in [0.1, 0.15) is 40.2 Å². The van der Waals surface area contributed by atoms with Crippen molar-refractivity contribution in [2.24, 2.45) is 5.92 Å². The molecule has 0 aliphatic carbocycles. The number of hydrogen-bond acceptors (Lipinski definition) is 4. The standard InChI is InChI=1S/C16H28N2O2/c1-13(2)12-19-9-10-20-15-14(7-6-8-17-15)11-18-16(3,4)5/h6-8,13,18H,9-12H2,1-5H3. The minimum absolute atomic E-state index is 0.0769. The Morgan fingerprint density at radius 1 is 1.25 bits per heavy atom. The molecule has 1 aromatic heterocycles. The fourth-order valence-electron chi connectivity index (χ4n) is 1.57. The summed E-state index contributed by atoms with van der Waals surface area (Å²) in [4.78, 5) is 4.29. The van der Waals surface area contributed by atoms with Gasteiger partial charge in [0, 0.05) is 30.5 Å². The Balaban J connectivity index is 2.41. The quantitative estimate of drug-likeness (QED) is 0.743. The monoisotopic (exact) mass is 280 g/mol. The predicted octanol–water partition coefficient (Wildman–Crippen LogP) is 3.02. The Bertz CT molecular complexity index is 386. The van der Waals surface area contributed by atoms with Gasteiger partial charge < -0.3 is 14.8 Å². The molecule has 0 aliphatic rings. The topological polar surface area (TPSA) is 43.4 Å². The number of pyridine rings is 1. The highest BCUT2D eigenvalue weighted by Crippen LogP contribution is 2.15. The Labute approximate surface area is 122 Å². The lowest BCUT2D eigenvalue weighted by Gasteiger charge is -2.21. The molecule has 0 radical (unpaired) electrons. The second-order valence-electron chi connectivity index (χ2n) is 6.39. The summed E-state index contributed by atoms with van der Waals surface area (Å²) >= 11 is 0. The van der Waals surface area contributed by atoms with Crippen LogP contribution in [0.5, 0.6) is 5.88 Å². The summed E-state index contributed by atoms with van der Waals surface area (Å²) in [6.45, 7) is 13.3. The maximum Gasteiger partial charge on any atom is 0.217 e. The average Bonchev–Trinajstić information content (AvgIpc) is 2.36. The number of nitrogens with zero attached hydrogens (tertiary/aromatic N) is 1. The third-order valence-electron chi connectivity index (χ3n) is 2.58. The van der Waals surface area contributed by atoms with Crippen molar-refractivity contribution < 1.29 is 9.47 Å². The van der Waals surface area contributed by atoms with Crippen LogP contribution in [0.15, 0.2) is 18.3 Å². The SMILES string of the molecule is CC(C)COCCOc1ncccc1CNC(C)(C)C. The normalized spacial score (nSPS) is 11.9. The van der Waals surface area contributed by atoms with E-state index in [9.17, 15) is 0 Å². The Hall–Kier alpha value is -1.13. The van der Waals surface area contributed by atoms with Crippen LogP contribution in [-0.4, -0.2) is 30.3 Å². The lowest BCUT2D eigenvalue weighted by atomic mass is 10.1. The molecule has 4 nitrogen and oxygen atoms in total. The molecule has 114 valence electrons. The molecule has 20 heavy (non-hydrogen) atoms. The smallest absolute Gasteiger partial charge is 0.217 e. The van der Waals surface area contributed by atoms with Gasteiger partial charge in [0.2, 0.25) is 5.88 Å². The second kappa shape index (κ2) is 8.22. The Kier molecular flexibility index (Phi) is 6.96. The number of rotatable bonds is 8. The zero-order valence-corrected chi connectivity index (χ0v) is 13.4. The minimum Gasteiger partial charge on any atom is -0.475 e. The van der Waals surface area contributed by atoms with E-state index in [4.69, 9.17) is 9.47 Å². The summed E-state index contributed by atoms with van der Waals surface area (Å²) in [6.07, 6.45) is 1.75. The van der Waals surface area contributed by atoms with Gasteiger partial charge in [0.15, 0.2) is 0 Å². The minimum atomic E-state index is 0.0769. The summed E-state index contributed by atoms with van der Waals surface area (Å²) in [5.74, 6) is 1.24. The first-order valence-electron chi connectivity index (χ1n) is 7.28. The van der Waals surface area contributed by atoms with Crippen molar-refractivity contribution in [2.45, 2.75) is 46.7 Å². The number of ether oxygens (including phenoxy) is 2. The van der Waals surface area contributed by atoms with Crippen LogP contribution in [0.2, 0.25) is 0 Å². The molecule has 4 heteroatoms. The maximum atomic E-state index is 5.71. The van der Waals surface area contributed by atoms with Crippen molar-refractivity contribution in [1.29, 1.82) is 0 Å². The van der Waals surface area contributed by atoms with Crippen molar-refractivity contribution >= 4 is 0 Å². The number of aromatic nitrogens is 1. The molecule has 0 atom stereocenters. The van der Waals surface area contributed by atoms with Crippen molar-refractivity contribution in [3.8, 4) is 5.88 Å². The van der Waals surface area contributed by atoms with Gasteiger partial charge in [0.25, 0.3) is 0 Å². The van der Waals surface area contributed by atoms with Gasteiger partial charge in [0.05, 0.1) is 6.61 Å². The third-order valence-corrected chi connectivity index (χ3v) is 2.58. The molecule has 1 aromatic rings. The first-order chi connectivity index (χ1) is 9.38. The van der Waals surface area contributed by atoms with Crippen LogP contribution >= 0.6 is 0 Å². The van der Waals surface area contributed by atoms with E-state index in [-0.39, 0.29) is 5.54 Å². The molecule has 1 N–H and O–H groups in total. The highest BCUT2D eigenvalue weighted by molar-refractivity contribution is 5.25. The lowest BCUT2D eigenvalue weighted by Crippen LogP contribution is -2.35. The molecule has 1 heterocycles. The van der Waals surface area contributed by atoms with Gasteiger partial charge in [-0.1, -0.05) is 19.9 Å². The van der Waals surface area contributed by atoms with E-state index in [1.807, 2.05) is 12.1 Å². The predicted molar refractivity (Wildman–Crippen MR) is 82.0 cm³/mol. The van der Waals surface area contributed by atoms with Gasteiger partial charge in [0.1, 0.15) is 6.61 Å². The average molecular weight is 280 g/mol. The van der Waals surface area contributed by atoms with Gasteiger partial charge in [-0.2, -0.15) is 0 Å². The van der Waals surface area contributed by atoms with E-state index >= 15 is 0 Å². The summed E-state index contributed by atoms with van der Waals surface area (Å²) in [5.41, 5.74) is 1.15. The van der Waals surface area contributed by atoms with Crippen LogP contribution in [-0.2, 0) is 11.3 Å². The second-order valence-corrected chi connectivity index (χ2v) is 6.39. The van der Waals surface area contributed by atoms with E-state index < -0.39 is 0 Å². The molecule has 0 bridgehead atoms. The van der Waals surface area contributed by atoms with E-state index in [1.54, 1.807) is 6.20 Å². The van der Waals surface area contributed by atoms with Crippen LogP contribution < -0.4 is 10.1 Å². The van der Waals surface area contributed by atoms with Crippen LogP contribution in [0, 0.1) is 5.92 Å². The Morgan fingerprint density at radius 2 is 2.00 bits per heavy atom.